The van der Waals surface area contributed by atoms with Crippen molar-refractivity contribution in [2.45, 2.75) is 35.7 Å². The van der Waals surface area contributed by atoms with E-state index in [1.54, 1.807) is 0 Å². The van der Waals surface area contributed by atoms with Crippen molar-refractivity contribution in [3.63, 3.8) is 0 Å². The van der Waals surface area contributed by atoms with Gasteiger partial charge in [-0.3, -0.25) is 0 Å². The molecule has 1 heterocycles. The van der Waals surface area contributed by atoms with Crippen LogP contribution in [0.1, 0.15) is 13.3 Å². The fourth-order valence-corrected chi connectivity index (χ4v) is 5.62. The maximum atomic E-state index is 12.2. The van der Waals surface area contributed by atoms with Gasteiger partial charge in [0.25, 0.3) is 10.0 Å². The summed E-state index contributed by atoms with van der Waals surface area (Å²) in [7, 11) is -3.61. The zero-order chi connectivity index (χ0) is 14.2. The highest BCUT2D eigenvalue weighted by Gasteiger charge is 2.42. The van der Waals surface area contributed by atoms with Gasteiger partial charge in [0, 0.05) is 12.6 Å². The number of ether oxygens (including phenoxy) is 1. The number of hydrogen-bond donors (Lipinski definition) is 2. The maximum absolute atomic E-state index is 12.2. The molecule has 108 valence electrons. The second kappa shape index (κ2) is 5.97. The van der Waals surface area contributed by atoms with Crippen LogP contribution in [0.25, 0.3) is 0 Å². The van der Waals surface area contributed by atoms with Gasteiger partial charge in [-0.15, -0.1) is 11.3 Å². The van der Waals surface area contributed by atoms with E-state index in [1.807, 2.05) is 6.92 Å². The quantitative estimate of drug-likeness (QED) is 0.806. The number of thiophene rings is 1. The molecule has 0 radical (unpaired) electrons. The topological polar surface area (TPSA) is 81.4 Å². The molecule has 0 bridgehead atoms. The number of nitrogens with two attached hydrogens (primary N) is 1. The van der Waals surface area contributed by atoms with Gasteiger partial charge in [-0.25, -0.2) is 13.1 Å². The van der Waals surface area contributed by atoms with E-state index in [2.05, 4.69) is 20.7 Å². The van der Waals surface area contributed by atoms with Crippen LogP contribution in [0.5, 0.6) is 0 Å². The first-order valence-corrected chi connectivity index (χ1v) is 9.16. The standard InChI is InChI=1S/C10H14BrClN2O3S2/c1-2-17-7-4-6(13)9(7)14-19(15,16)8-3-5(12)10(11)18-8/h3,6-7,9,14H,2,4,13H2,1H3. The van der Waals surface area contributed by atoms with E-state index in [1.165, 1.54) is 6.07 Å². The molecule has 0 spiro atoms. The van der Waals surface area contributed by atoms with E-state index in [-0.39, 0.29) is 22.4 Å². The molecule has 1 aromatic rings. The van der Waals surface area contributed by atoms with Crippen molar-refractivity contribution >= 4 is 48.9 Å². The summed E-state index contributed by atoms with van der Waals surface area (Å²) in [6.07, 6.45) is 0.504. The highest BCUT2D eigenvalue weighted by molar-refractivity contribution is 9.11. The van der Waals surface area contributed by atoms with Crippen LogP contribution in [0.4, 0.5) is 0 Å². The van der Waals surface area contributed by atoms with Gasteiger partial charge in [0.1, 0.15) is 4.21 Å². The van der Waals surface area contributed by atoms with E-state index in [9.17, 15) is 8.42 Å². The molecule has 1 aromatic heterocycles. The summed E-state index contributed by atoms with van der Waals surface area (Å²) >= 11 is 10.1. The molecule has 1 aliphatic rings. The minimum Gasteiger partial charge on any atom is -0.377 e. The van der Waals surface area contributed by atoms with Gasteiger partial charge in [0.15, 0.2) is 0 Å². The molecule has 1 fully saturated rings. The predicted molar refractivity (Wildman–Crippen MR) is 79.1 cm³/mol. The molecule has 5 nitrogen and oxygen atoms in total. The van der Waals surface area contributed by atoms with E-state index in [0.717, 1.165) is 11.3 Å². The van der Waals surface area contributed by atoms with E-state index >= 15 is 0 Å². The lowest BCUT2D eigenvalue weighted by molar-refractivity contribution is -0.0248. The van der Waals surface area contributed by atoms with Gasteiger partial charge in [0.05, 0.1) is 21.0 Å². The molecule has 2 rings (SSSR count). The first kappa shape index (κ1) is 15.7. The Bertz CT molecular complexity index is 542. The number of hydrogen-bond acceptors (Lipinski definition) is 5. The number of rotatable bonds is 5. The van der Waals surface area contributed by atoms with Crippen LogP contribution in [0, 0.1) is 0 Å². The second-order valence-corrected chi connectivity index (χ2v) is 8.95. The van der Waals surface area contributed by atoms with E-state index in [4.69, 9.17) is 22.1 Å². The maximum Gasteiger partial charge on any atom is 0.250 e. The summed E-state index contributed by atoms with van der Waals surface area (Å²) in [6, 6.07) is 0.813. The van der Waals surface area contributed by atoms with Gasteiger partial charge in [0.2, 0.25) is 0 Å². The minimum absolute atomic E-state index is 0.159. The summed E-state index contributed by atoms with van der Waals surface area (Å²) < 4.78 is 33.2. The van der Waals surface area contributed by atoms with Crippen molar-refractivity contribution in [2.75, 3.05) is 6.61 Å². The molecule has 0 aromatic carbocycles. The Morgan fingerprint density at radius 1 is 1.68 bits per heavy atom. The van der Waals surface area contributed by atoms with Crippen LogP contribution >= 0.6 is 38.9 Å². The number of sulfonamides is 1. The Kier molecular flexibility index (Phi) is 4.92. The summed E-state index contributed by atoms with van der Waals surface area (Å²) in [5.74, 6) is 0. The Morgan fingerprint density at radius 2 is 2.37 bits per heavy atom. The molecule has 19 heavy (non-hydrogen) atoms. The van der Waals surface area contributed by atoms with Crippen LogP contribution in [0.3, 0.4) is 0 Å². The lowest BCUT2D eigenvalue weighted by Gasteiger charge is -2.41. The van der Waals surface area contributed by atoms with Crippen LogP contribution in [-0.2, 0) is 14.8 Å². The van der Waals surface area contributed by atoms with E-state index < -0.39 is 10.0 Å². The smallest absolute Gasteiger partial charge is 0.250 e. The normalized spacial score (nSPS) is 27.3. The minimum atomic E-state index is -3.61. The van der Waals surface area contributed by atoms with Crippen LogP contribution in [0.2, 0.25) is 5.02 Å². The van der Waals surface area contributed by atoms with Gasteiger partial charge in [-0.2, -0.15) is 0 Å². The molecule has 1 saturated carbocycles. The van der Waals surface area contributed by atoms with Gasteiger partial charge in [-0.05, 0) is 35.3 Å². The zero-order valence-electron chi connectivity index (χ0n) is 10.1. The Labute approximate surface area is 129 Å². The highest BCUT2D eigenvalue weighted by Crippen LogP contribution is 2.35. The number of nitrogens with one attached hydrogen (secondary N) is 1. The van der Waals surface area contributed by atoms with Gasteiger partial charge in [-0.1, -0.05) is 11.6 Å². The molecule has 1 aliphatic carbocycles. The molecule has 9 heteroatoms. The Morgan fingerprint density at radius 3 is 2.84 bits per heavy atom. The average molecular weight is 390 g/mol. The van der Waals surface area contributed by atoms with Crippen LogP contribution in [0.15, 0.2) is 14.1 Å². The van der Waals surface area contributed by atoms with Crippen molar-refractivity contribution in [3.05, 3.63) is 14.9 Å². The van der Waals surface area contributed by atoms with Gasteiger partial charge >= 0.3 is 0 Å². The molecule has 3 atom stereocenters. The largest absolute Gasteiger partial charge is 0.377 e. The van der Waals surface area contributed by atoms with Crippen molar-refractivity contribution in [1.82, 2.24) is 4.72 Å². The van der Waals surface area contributed by atoms with Crippen LogP contribution in [-0.4, -0.2) is 33.2 Å². The summed E-state index contributed by atoms with van der Waals surface area (Å²) in [6.45, 7) is 2.40. The zero-order valence-corrected chi connectivity index (χ0v) is 14.1. The van der Waals surface area contributed by atoms with E-state index in [0.29, 0.717) is 21.8 Å². The third-order valence-electron chi connectivity index (χ3n) is 2.93. The van der Waals surface area contributed by atoms with Crippen molar-refractivity contribution in [3.8, 4) is 0 Å². The fourth-order valence-electron chi connectivity index (χ4n) is 1.89. The Hall–Kier alpha value is 0.300. The lowest BCUT2D eigenvalue weighted by Crippen LogP contribution is -2.64. The average Bonchev–Trinajstić information content (AvgIpc) is 2.68. The van der Waals surface area contributed by atoms with Crippen molar-refractivity contribution in [1.29, 1.82) is 0 Å². The first-order chi connectivity index (χ1) is 8.85. The molecule has 0 amide bonds. The predicted octanol–water partition coefficient (Wildman–Crippen LogP) is 1.95. The molecular formula is C10H14BrClN2O3S2. The molecule has 3 N–H and O–H groups in total. The van der Waals surface area contributed by atoms with Gasteiger partial charge < -0.3 is 10.5 Å². The third kappa shape index (κ3) is 3.31. The first-order valence-electron chi connectivity index (χ1n) is 5.69. The second-order valence-electron chi connectivity index (χ2n) is 4.23. The Balaban J connectivity index is 2.13. The summed E-state index contributed by atoms with van der Waals surface area (Å²) in [4.78, 5) is 0. The monoisotopic (exact) mass is 388 g/mol. The SMILES string of the molecule is CCOC1CC(N)C1NS(=O)(=O)c1cc(Cl)c(Br)s1. The lowest BCUT2D eigenvalue weighted by atomic mass is 9.84. The third-order valence-corrected chi connectivity index (χ3v) is 7.33. The highest BCUT2D eigenvalue weighted by atomic mass is 79.9. The fraction of sp³-hybridized carbons (Fsp3) is 0.600. The molecular weight excluding hydrogens is 376 g/mol. The van der Waals surface area contributed by atoms with Crippen molar-refractivity contribution < 1.29 is 13.2 Å². The van der Waals surface area contributed by atoms with Crippen LogP contribution < -0.4 is 10.5 Å². The van der Waals surface area contributed by atoms with Crippen molar-refractivity contribution in [2.24, 2.45) is 5.73 Å². The molecule has 0 saturated heterocycles. The molecule has 3 unspecified atom stereocenters. The molecule has 0 aliphatic heterocycles. The number of halogens is 2. The summed E-state index contributed by atoms with van der Waals surface area (Å²) in [5.41, 5.74) is 5.82. The summed E-state index contributed by atoms with van der Waals surface area (Å²) in [5, 5.41) is 0.379.